The van der Waals surface area contributed by atoms with Crippen LogP contribution in [0.5, 0.6) is 0 Å². The summed E-state index contributed by atoms with van der Waals surface area (Å²) in [6.45, 7) is 10.5. The molecule has 0 bridgehead atoms. The number of piperazine rings is 1. The summed E-state index contributed by atoms with van der Waals surface area (Å²) in [5, 5.41) is 3.54. The van der Waals surface area contributed by atoms with Crippen LogP contribution >= 0.6 is 15.9 Å². The molecule has 0 radical (unpaired) electrons. The van der Waals surface area contributed by atoms with Gasteiger partial charge in [0.25, 0.3) is 0 Å². The van der Waals surface area contributed by atoms with E-state index in [1.54, 1.807) is 0 Å². The highest BCUT2D eigenvalue weighted by Crippen LogP contribution is 2.09. The Kier molecular flexibility index (Phi) is 4.99. The first kappa shape index (κ1) is 11.2. The molecular weight excluding hydrogens is 228 g/mol. The summed E-state index contributed by atoms with van der Waals surface area (Å²) in [7, 11) is 0. The molecule has 13 heavy (non-hydrogen) atoms. The number of hydrogen-bond donors (Lipinski definition) is 1. The van der Waals surface area contributed by atoms with Crippen molar-refractivity contribution < 1.29 is 0 Å². The molecule has 1 aliphatic rings. The first-order valence-corrected chi connectivity index (χ1v) is 5.80. The van der Waals surface area contributed by atoms with Crippen LogP contribution in [-0.4, -0.2) is 37.1 Å². The van der Waals surface area contributed by atoms with Gasteiger partial charge in [0.15, 0.2) is 0 Å². The Morgan fingerprint density at radius 1 is 1.69 bits per heavy atom. The minimum atomic E-state index is 0.686. The molecule has 1 fully saturated rings. The lowest BCUT2D eigenvalue weighted by molar-refractivity contribution is 0.211. The third kappa shape index (κ3) is 4.25. The Balaban J connectivity index is 2.28. The summed E-state index contributed by atoms with van der Waals surface area (Å²) in [6.07, 6.45) is 2.55. The van der Waals surface area contributed by atoms with Crippen LogP contribution in [0.1, 0.15) is 19.8 Å². The fourth-order valence-corrected chi connectivity index (χ4v) is 2.18. The zero-order valence-corrected chi connectivity index (χ0v) is 9.94. The number of nitrogens with one attached hydrogen (secondary N) is 1. The van der Waals surface area contributed by atoms with Gasteiger partial charge in [-0.3, -0.25) is 4.90 Å². The predicted octanol–water partition coefficient (Wildman–Crippen LogP) is 1.97. The average Bonchev–Trinajstić information content (AvgIpc) is 2.04. The van der Waals surface area contributed by atoms with Gasteiger partial charge in [0.1, 0.15) is 0 Å². The summed E-state index contributed by atoms with van der Waals surface area (Å²) in [6, 6.07) is 0.686. The first-order chi connectivity index (χ1) is 6.22. The van der Waals surface area contributed by atoms with Crippen molar-refractivity contribution in [2.45, 2.75) is 25.8 Å². The lowest BCUT2D eigenvalue weighted by atomic mass is 10.1. The average molecular weight is 247 g/mol. The summed E-state index contributed by atoms with van der Waals surface area (Å²) >= 11 is 3.41. The van der Waals surface area contributed by atoms with Gasteiger partial charge in [-0.1, -0.05) is 35.9 Å². The van der Waals surface area contributed by atoms with E-state index >= 15 is 0 Å². The number of nitrogens with zero attached hydrogens (tertiary/aromatic N) is 1. The molecule has 1 aliphatic heterocycles. The Labute approximate surface area is 89.5 Å². The van der Waals surface area contributed by atoms with Crippen LogP contribution in [0.3, 0.4) is 0 Å². The highest BCUT2D eigenvalue weighted by Gasteiger charge is 2.17. The second-order valence-electron chi connectivity index (χ2n) is 3.69. The maximum absolute atomic E-state index is 3.87. The Morgan fingerprint density at radius 3 is 3.08 bits per heavy atom. The van der Waals surface area contributed by atoms with E-state index in [9.17, 15) is 0 Å². The Hall–Kier alpha value is 0.140. The van der Waals surface area contributed by atoms with Crippen LogP contribution in [0.2, 0.25) is 0 Å². The van der Waals surface area contributed by atoms with E-state index < -0.39 is 0 Å². The second-order valence-corrected chi connectivity index (χ2v) is 4.81. The molecule has 0 saturated carbocycles. The molecule has 1 rings (SSSR count). The van der Waals surface area contributed by atoms with E-state index in [4.69, 9.17) is 0 Å². The molecule has 1 atom stereocenters. The smallest absolute Gasteiger partial charge is 0.0295 e. The highest BCUT2D eigenvalue weighted by atomic mass is 79.9. The standard InChI is InChI=1S/C10H19BrN2/c1-3-4-10-8-13(6-5-12-10)7-9(2)11/h10,12H,2-8H2,1H3. The van der Waals surface area contributed by atoms with Crippen LogP contribution in [-0.2, 0) is 0 Å². The van der Waals surface area contributed by atoms with Crippen LogP contribution in [0, 0.1) is 0 Å². The van der Waals surface area contributed by atoms with E-state index in [2.05, 4.69) is 39.6 Å². The third-order valence-corrected chi connectivity index (χ3v) is 2.62. The molecule has 1 unspecified atom stereocenters. The molecule has 0 aliphatic carbocycles. The van der Waals surface area contributed by atoms with Gasteiger partial charge in [-0.05, 0) is 6.42 Å². The summed E-state index contributed by atoms with van der Waals surface area (Å²) < 4.78 is 1.09. The number of hydrogen-bond acceptors (Lipinski definition) is 2. The summed E-state index contributed by atoms with van der Waals surface area (Å²) in [5.74, 6) is 0. The molecule has 76 valence electrons. The SMILES string of the molecule is C=C(Br)CN1CCNC(CCC)C1. The minimum Gasteiger partial charge on any atom is -0.311 e. The van der Waals surface area contributed by atoms with E-state index in [0.717, 1.165) is 24.1 Å². The van der Waals surface area contributed by atoms with Gasteiger partial charge >= 0.3 is 0 Å². The fourth-order valence-electron chi connectivity index (χ4n) is 1.82. The topological polar surface area (TPSA) is 15.3 Å². The maximum Gasteiger partial charge on any atom is 0.0295 e. The van der Waals surface area contributed by atoms with Crippen molar-refractivity contribution in [1.82, 2.24) is 10.2 Å². The molecule has 1 N–H and O–H groups in total. The van der Waals surface area contributed by atoms with Crippen LogP contribution in [0.25, 0.3) is 0 Å². The minimum absolute atomic E-state index is 0.686. The largest absolute Gasteiger partial charge is 0.311 e. The quantitative estimate of drug-likeness (QED) is 0.817. The van der Waals surface area contributed by atoms with Crippen molar-refractivity contribution in [2.75, 3.05) is 26.2 Å². The van der Waals surface area contributed by atoms with Gasteiger partial charge in [-0.25, -0.2) is 0 Å². The molecule has 1 heterocycles. The molecule has 0 aromatic carbocycles. The van der Waals surface area contributed by atoms with Crippen molar-refractivity contribution >= 4 is 15.9 Å². The molecule has 1 saturated heterocycles. The van der Waals surface area contributed by atoms with Crippen molar-refractivity contribution in [3.8, 4) is 0 Å². The van der Waals surface area contributed by atoms with Crippen molar-refractivity contribution in [3.05, 3.63) is 11.1 Å². The zero-order valence-electron chi connectivity index (χ0n) is 8.35. The van der Waals surface area contributed by atoms with Crippen molar-refractivity contribution in [3.63, 3.8) is 0 Å². The highest BCUT2D eigenvalue weighted by molar-refractivity contribution is 9.11. The predicted molar refractivity (Wildman–Crippen MR) is 61.2 cm³/mol. The molecule has 0 aromatic heterocycles. The molecule has 2 nitrogen and oxygen atoms in total. The summed E-state index contributed by atoms with van der Waals surface area (Å²) in [5.41, 5.74) is 0. The molecule has 3 heteroatoms. The number of rotatable bonds is 4. The third-order valence-electron chi connectivity index (χ3n) is 2.37. The van der Waals surface area contributed by atoms with Gasteiger partial charge < -0.3 is 5.32 Å². The molecule has 0 aromatic rings. The van der Waals surface area contributed by atoms with Crippen LogP contribution < -0.4 is 5.32 Å². The zero-order chi connectivity index (χ0) is 9.68. The lowest BCUT2D eigenvalue weighted by Crippen LogP contribution is -2.50. The monoisotopic (exact) mass is 246 g/mol. The summed E-state index contributed by atoms with van der Waals surface area (Å²) in [4.78, 5) is 2.45. The van der Waals surface area contributed by atoms with Gasteiger partial charge in [-0.2, -0.15) is 0 Å². The van der Waals surface area contributed by atoms with E-state index in [1.165, 1.54) is 19.4 Å². The first-order valence-electron chi connectivity index (χ1n) is 5.01. The van der Waals surface area contributed by atoms with Crippen LogP contribution in [0.4, 0.5) is 0 Å². The van der Waals surface area contributed by atoms with Gasteiger partial charge in [0.2, 0.25) is 0 Å². The fraction of sp³-hybridized carbons (Fsp3) is 0.800. The van der Waals surface area contributed by atoms with Crippen LogP contribution in [0.15, 0.2) is 11.1 Å². The Morgan fingerprint density at radius 2 is 2.46 bits per heavy atom. The molecule has 0 spiro atoms. The van der Waals surface area contributed by atoms with Gasteiger partial charge in [0, 0.05) is 36.7 Å². The maximum atomic E-state index is 3.87. The number of halogens is 1. The van der Waals surface area contributed by atoms with Crippen molar-refractivity contribution in [1.29, 1.82) is 0 Å². The Bertz CT molecular complexity index is 168. The second kappa shape index (κ2) is 5.78. The van der Waals surface area contributed by atoms with E-state index in [1.807, 2.05) is 0 Å². The molecular formula is C10H19BrN2. The lowest BCUT2D eigenvalue weighted by Gasteiger charge is -2.33. The van der Waals surface area contributed by atoms with Gasteiger partial charge in [0.05, 0.1) is 0 Å². The normalized spacial score (nSPS) is 24.6. The molecule has 0 amide bonds. The van der Waals surface area contributed by atoms with E-state index in [-0.39, 0.29) is 0 Å². The van der Waals surface area contributed by atoms with Crippen molar-refractivity contribution in [2.24, 2.45) is 0 Å². The van der Waals surface area contributed by atoms with Gasteiger partial charge in [-0.15, -0.1) is 0 Å². The van der Waals surface area contributed by atoms with E-state index in [0.29, 0.717) is 6.04 Å².